The molecule has 3 aromatic rings. The van der Waals surface area contributed by atoms with Crippen molar-refractivity contribution >= 4 is 15.9 Å². The Morgan fingerprint density at radius 3 is 2.33 bits per heavy atom. The molecular formula is C21H23BrN2O3. The Balaban J connectivity index is 2.05. The Labute approximate surface area is 168 Å². The summed E-state index contributed by atoms with van der Waals surface area (Å²) in [6.45, 7) is 3.22. The second-order valence-electron chi connectivity index (χ2n) is 5.95. The van der Waals surface area contributed by atoms with Gasteiger partial charge in [-0.2, -0.15) is 5.10 Å². The molecule has 27 heavy (non-hydrogen) atoms. The van der Waals surface area contributed by atoms with Gasteiger partial charge in [0.15, 0.2) is 0 Å². The second kappa shape index (κ2) is 8.95. The van der Waals surface area contributed by atoms with E-state index in [4.69, 9.17) is 19.3 Å². The van der Waals surface area contributed by atoms with Gasteiger partial charge in [-0.25, -0.2) is 0 Å². The quantitative estimate of drug-likeness (QED) is 0.476. The van der Waals surface area contributed by atoms with Crippen molar-refractivity contribution in [3.05, 3.63) is 59.8 Å². The van der Waals surface area contributed by atoms with Gasteiger partial charge < -0.3 is 14.2 Å². The molecule has 1 aromatic heterocycles. The SMILES string of the molecule is CCOc1ccccc1Cn1nc(CBr)cc1-c1cc(OC)cc(OC)c1. The first-order chi connectivity index (χ1) is 13.2. The number of ether oxygens (including phenoxy) is 3. The highest BCUT2D eigenvalue weighted by Crippen LogP contribution is 2.31. The molecule has 0 radical (unpaired) electrons. The molecule has 2 aromatic carbocycles. The zero-order valence-corrected chi connectivity index (χ0v) is 17.3. The third-order valence-corrected chi connectivity index (χ3v) is 4.78. The molecule has 0 saturated heterocycles. The summed E-state index contributed by atoms with van der Waals surface area (Å²) < 4.78 is 18.6. The fourth-order valence-corrected chi connectivity index (χ4v) is 3.21. The van der Waals surface area contributed by atoms with Gasteiger partial charge >= 0.3 is 0 Å². The number of hydrogen-bond acceptors (Lipinski definition) is 4. The van der Waals surface area contributed by atoms with E-state index in [0.717, 1.165) is 39.8 Å². The van der Waals surface area contributed by atoms with Crippen LogP contribution in [-0.4, -0.2) is 30.6 Å². The molecular weight excluding hydrogens is 408 g/mol. The Morgan fingerprint density at radius 2 is 1.70 bits per heavy atom. The lowest BCUT2D eigenvalue weighted by molar-refractivity contribution is 0.335. The van der Waals surface area contributed by atoms with Crippen LogP contribution in [0.1, 0.15) is 18.2 Å². The number of benzene rings is 2. The van der Waals surface area contributed by atoms with Gasteiger partial charge in [-0.1, -0.05) is 34.1 Å². The number of methoxy groups -OCH3 is 2. The van der Waals surface area contributed by atoms with Crippen LogP contribution in [0.15, 0.2) is 48.5 Å². The van der Waals surface area contributed by atoms with Crippen molar-refractivity contribution in [2.45, 2.75) is 18.8 Å². The van der Waals surface area contributed by atoms with E-state index >= 15 is 0 Å². The van der Waals surface area contributed by atoms with Crippen LogP contribution >= 0.6 is 15.9 Å². The number of rotatable bonds is 8. The lowest BCUT2D eigenvalue weighted by atomic mass is 10.1. The van der Waals surface area contributed by atoms with E-state index in [2.05, 4.69) is 28.1 Å². The number of halogens is 1. The number of nitrogens with zero attached hydrogens (tertiary/aromatic N) is 2. The largest absolute Gasteiger partial charge is 0.497 e. The molecule has 0 N–H and O–H groups in total. The average molecular weight is 431 g/mol. The maximum Gasteiger partial charge on any atom is 0.124 e. The minimum Gasteiger partial charge on any atom is -0.497 e. The molecule has 1 heterocycles. The molecule has 0 atom stereocenters. The first-order valence-corrected chi connectivity index (χ1v) is 9.87. The molecule has 6 heteroatoms. The summed E-state index contributed by atoms with van der Waals surface area (Å²) in [4.78, 5) is 0. The summed E-state index contributed by atoms with van der Waals surface area (Å²) in [5.74, 6) is 2.37. The third kappa shape index (κ3) is 4.45. The molecule has 142 valence electrons. The van der Waals surface area contributed by atoms with Gasteiger partial charge in [-0.3, -0.25) is 4.68 Å². The van der Waals surface area contributed by atoms with Crippen molar-refractivity contribution in [3.63, 3.8) is 0 Å². The minimum absolute atomic E-state index is 0.609. The zero-order chi connectivity index (χ0) is 19.2. The lowest BCUT2D eigenvalue weighted by Gasteiger charge is -2.13. The Morgan fingerprint density at radius 1 is 1.00 bits per heavy atom. The van der Waals surface area contributed by atoms with Crippen LogP contribution in [0.3, 0.4) is 0 Å². The molecule has 0 bridgehead atoms. The van der Waals surface area contributed by atoms with E-state index in [0.29, 0.717) is 18.5 Å². The topological polar surface area (TPSA) is 45.5 Å². The maximum atomic E-state index is 5.77. The average Bonchev–Trinajstić information content (AvgIpc) is 3.12. The van der Waals surface area contributed by atoms with Crippen LogP contribution in [0.2, 0.25) is 0 Å². The fraction of sp³-hybridized carbons (Fsp3) is 0.286. The van der Waals surface area contributed by atoms with E-state index < -0.39 is 0 Å². The van der Waals surface area contributed by atoms with Crippen LogP contribution in [0.25, 0.3) is 11.3 Å². The molecule has 0 aliphatic rings. The highest BCUT2D eigenvalue weighted by molar-refractivity contribution is 9.08. The Hall–Kier alpha value is -2.47. The van der Waals surface area contributed by atoms with E-state index in [-0.39, 0.29) is 0 Å². The summed E-state index contributed by atoms with van der Waals surface area (Å²) in [7, 11) is 3.30. The van der Waals surface area contributed by atoms with Gasteiger partial charge in [0.25, 0.3) is 0 Å². The van der Waals surface area contributed by atoms with Crippen LogP contribution in [0.4, 0.5) is 0 Å². The fourth-order valence-electron chi connectivity index (χ4n) is 2.94. The van der Waals surface area contributed by atoms with Crippen LogP contribution in [-0.2, 0) is 11.9 Å². The van der Waals surface area contributed by atoms with Crippen molar-refractivity contribution in [1.29, 1.82) is 0 Å². The second-order valence-corrected chi connectivity index (χ2v) is 6.52. The van der Waals surface area contributed by atoms with Crippen LogP contribution < -0.4 is 14.2 Å². The Bertz CT molecular complexity index is 886. The number of hydrogen-bond donors (Lipinski definition) is 0. The highest BCUT2D eigenvalue weighted by Gasteiger charge is 2.14. The maximum absolute atomic E-state index is 5.77. The van der Waals surface area contributed by atoms with Crippen LogP contribution in [0.5, 0.6) is 17.2 Å². The van der Waals surface area contributed by atoms with Gasteiger partial charge in [0, 0.05) is 22.5 Å². The smallest absolute Gasteiger partial charge is 0.124 e. The van der Waals surface area contributed by atoms with E-state index in [1.807, 2.05) is 48.0 Å². The summed E-state index contributed by atoms with van der Waals surface area (Å²) >= 11 is 3.51. The first-order valence-electron chi connectivity index (χ1n) is 8.75. The predicted molar refractivity (Wildman–Crippen MR) is 110 cm³/mol. The molecule has 0 fully saturated rings. The Kier molecular flexibility index (Phi) is 6.40. The van der Waals surface area contributed by atoms with Crippen molar-refractivity contribution in [2.75, 3.05) is 20.8 Å². The van der Waals surface area contributed by atoms with E-state index in [9.17, 15) is 0 Å². The molecule has 0 aliphatic carbocycles. The first kappa shape index (κ1) is 19.3. The van der Waals surface area contributed by atoms with Gasteiger partial charge in [-0.15, -0.1) is 0 Å². The molecule has 3 rings (SSSR count). The number of alkyl halides is 1. The third-order valence-electron chi connectivity index (χ3n) is 4.21. The van der Waals surface area contributed by atoms with E-state index in [1.54, 1.807) is 14.2 Å². The minimum atomic E-state index is 0.609. The van der Waals surface area contributed by atoms with Gasteiger partial charge in [0.05, 0.1) is 38.8 Å². The van der Waals surface area contributed by atoms with E-state index in [1.165, 1.54) is 0 Å². The summed E-state index contributed by atoms with van der Waals surface area (Å²) in [6.07, 6.45) is 0. The van der Waals surface area contributed by atoms with Gasteiger partial charge in [0.2, 0.25) is 0 Å². The molecule has 0 saturated carbocycles. The van der Waals surface area contributed by atoms with Crippen LogP contribution in [0, 0.1) is 0 Å². The molecule has 0 unspecified atom stereocenters. The summed E-state index contributed by atoms with van der Waals surface area (Å²) in [5.41, 5.74) is 4.02. The standard InChI is InChI=1S/C21H23BrN2O3/c1-4-27-21-8-6-5-7-15(21)14-24-20(11-17(13-22)23-24)16-9-18(25-2)12-19(10-16)26-3/h5-12H,4,13-14H2,1-3H3. The van der Waals surface area contributed by atoms with Crippen molar-refractivity contribution in [3.8, 4) is 28.5 Å². The normalized spacial score (nSPS) is 10.7. The monoisotopic (exact) mass is 430 g/mol. The van der Waals surface area contributed by atoms with Gasteiger partial charge in [-0.05, 0) is 31.2 Å². The molecule has 5 nitrogen and oxygen atoms in total. The predicted octanol–water partition coefficient (Wildman–Crippen LogP) is 4.91. The van der Waals surface area contributed by atoms with Crippen molar-refractivity contribution in [1.82, 2.24) is 9.78 Å². The zero-order valence-electron chi connectivity index (χ0n) is 15.7. The number of aromatic nitrogens is 2. The van der Waals surface area contributed by atoms with Crippen molar-refractivity contribution in [2.24, 2.45) is 0 Å². The summed E-state index contributed by atoms with van der Waals surface area (Å²) in [6, 6.07) is 16.0. The van der Waals surface area contributed by atoms with Crippen molar-refractivity contribution < 1.29 is 14.2 Å². The lowest BCUT2D eigenvalue weighted by Crippen LogP contribution is -2.06. The highest BCUT2D eigenvalue weighted by atomic mass is 79.9. The summed E-state index contributed by atoms with van der Waals surface area (Å²) in [5, 5.41) is 5.43. The van der Waals surface area contributed by atoms with Gasteiger partial charge in [0.1, 0.15) is 17.2 Å². The molecule has 0 aliphatic heterocycles. The molecule has 0 amide bonds. The molecule has 0 spiro atoms. The number of para-hydroxylation sites is 1.